The lowest BCUT2D eigenvalue weighted by Gasteiger charge is -2.39. The molecule has 2 atom stereocenters. The second kappa shape index (κ2) is 10.7. The highest BCUT2D eigenvalue weighted by Crippen LogP contribution is 2.53. The van der Waals surface area contributed by atoms with Gasteiger partial charge in [0.25, 0.3) is 0 Å². The van der Waals surface area contributed by atoms with E-state index in [1.165, 1.54) is 0 Å². The molecule has 0 amide bonds. The van der Waals surface area contributed by atoms with Crippen molar-refractivity contribution in [1.29, 1.82) is 0 Å². The highest BCUT2D eigenvalue weighted by Gasteiger charge is 2.46. The zero-order chi connectivity index (χ0) is 27.8. The first-order valence-electron chi connectivity index (χ1n) is 13.6. The summed E-state index contributed by atoms with van der Waals surface area (Å²) in [4.78, 5) is 27.9. The van der Waals surface area contributed by atoms with Crippen molar-refractivity contribution < 1.29 is 28.5 Å². The number of methoxy groups -OCH3 is 3. The van der Waals surface area contributed by atoms with E-state index in [2.05, 4.69) is 24.3 Å². The molecule has 40 heavy (non-hydrogen) atoms. The van der Waals surface area contributed by atoms with Gasteiger partial charge in [-0.2, -0.15) is 0 Å². The van der Waals surface area contributed by atoms with Gasteiger partial charge >= 0.3 is 0 Å². The number of rotatable bonds is 6. The molecular formula is C34H32O6. The van der Waals surface area contributed by atoms with E-state index >= 15 is 0 Å². The predicted molar refractivity (Wildman–Crippen MR) is 151 cm³/mol. The molecule has 3 aromatic carbocycles. The Hall–Kier alpha value is -4.32. The molecule has 0 fully saturated rings. The van der Waals surface area contributed by atoms with Gasteiger partial charge in [0.1, 0.15) is 11.5 Å². The Kier molecular flexibility index (Phi) is 6.93. The number of Topliss-reactive ketones (excluding diaryl/α,β-unsaturated/α-hetero) is 2. The summed E-state index contributed by atoms with van der Waals surface area (Å²) < 4.78 is 23.4. The van der Waals surface area contributed by atoms with Crippen LogP contribution in [0.2, 0.25) is 0 Å². The maximum absolute atomic E-state index is 13.9. The van der Waals surface area contributed by atoms with E-state index < -0.39 is 5.92 Å². The first-order chi connectivity index (χ1) is 19.5. The Morgan fingerprint density at radius 3 is 1.45 bits per heavy atom. The molecule has 204 valence electrons. The minimum Gasteiger partial charge on any atom is -0.493 e. The zero-order valence-electron chi connectivity index (χ0n) is 22.9. The fourth-order valence-electron chi connectivity index (χ4n) is 6.44. The van der Waals surface area contributed by atoms with Crippen molar-refractivity contribution >= 4 is 11.6 Å². The summed E-state index contributed by atoms with van der Waals surface area (Å²) in [7, 11) is 4.68. The van der Waals surface area contributed by atoms with Crippen LogP contribution < -0.4 is 14.2 Å². The first kappa shape index (κ1) is 25.9. The smallest absolute Gasteiger partial charge is 0.203 e. The molecule has 1 aliphatic heterocycles. The van der Waals surface area contributed by atoms with E-state index in [-0.39, 0.29) is 23.4 Å². The van der Waals surface area contributed by atoms with Crippen molar-refractivity contribution in [3.63, 3.8) is 0 Å². The number of ketones is 2. The Morgan fingerprint density at radius 2 is 1.05 bits per heavy atom. The summed E-state index contributed by atoms with van der Waals surface area (Å²) in [6, 6.07) is 23.9. The summed E-state index contributed by atoms with van der Waals surface area (Å²) in [5.41, 5.74) is 4.09. The molecule has 3 aromatic rings. The highest BCUT2D eigenvalue weighted by molar-refractivity contribution is 6.06. The lowest BCUT2D eigenvalue weighted by molar-refractivity contribution is -0.118. The Morgan fingerprint density at radius 1 is 0.600 bits per heavy atom. The quantitative estimate of drug-likeness (QED) is 0.352. The zero-order valence-corrected chi connectivity index (χ0v) is 22.9. The van der Waals surface area contributed by atoms with Crippen molar-refractivity contribution in [1.82, 2.24) is 0 Å². The van der Waals surface area contributed by atoms with E-state index in [1.54, 1.807) is 21.3 Å². The summed E-state index contributed by atoms with van der Waals surface area (Å²) in [6.45, 7) is 0. The number of carbonyl (C=O) groups excluding carboxylic acids is 2. The Labute approximate surface area is 234 Å². The first-order valence-corrected chi connectivity index (χ1v) is 13.6. The van der Waals surface area contributed by atoms with Crippen LogP contribution in [0.4, 0.5) is 0 Å². The minimum absolute atomic E-state index is 0.00149. The van der Waals surface area contributed by atoms with Gasteiger partial charge in [-0.3, -0.25) is 9.59 Å². The van der Waals surface area contributed by atoms with Gasteiger partial charge in [-0.25, -0.2) is 0 Å². The molecular weight excluding hydrogens is 504 g/mol. The van der Waals surface area contributed by atoms with E-state index in [9.17, 15) is 9.59 Å². The summed E-state index contributed by atoms with van der Waals surface area (Å²) in [5, 5.41) is 0. The van der Waals surface area contributed by atoms with Gasteiger partial charge in [0.05, 0.1) is 21.3 Å². The maximum Gasteiger partial charge on any atom is 0.203 e. The van der Waals surface area contributed by atoms with E-state index in [0.717, 1.165) is 16.7 Å². The topological polar surface area (TPSA) is 71.1 Å². The third-order valence-electron chi connectivity index (χ3n) is 8.31. The molecule has 3 aliphatic rings. The minimum atomic E-state index is -0.569. The molecule has 2 aliphatic carbocycles. The van der Waals surface area contributed by atoms with Gasteiger partial charge in [-0.05, 0) is 40.7 Å². The number of hydrogen-bond acceptors (Lipinski definition) is 6. The molecule has 0 bridgehead atoms. The van der Waals surface area contributed by atoms with Gasteiger partial charge in [0.15, 0.2) is 23.1 Å². The van der Waals surface area contributed by atoms with Crippen LogP contribution in [-0.4, -0.2) is 32.9 Å². The second-order valence-electron chi connectivity index (χ2n) is 10.5. The summed E-state index contributed by atoms with van der Waals surface area (Å²) >= 11 is 0. The second-order valence-corrected chi connectivity index (χ2v) is 10.5. The molecule has 0 unspecified atom stereocenters. The van der Waals surface area contributed by atoms with Gasteiger partial charge in [-0.1, -0.05) is 60.7 Å². The molecule has 0 saturated heterocycles. The molecule has 6 nitrogen and oxygen atoms in total. The van der Waals surface area contributed by atoms with Crippen LogP contribution in [0.25, 0.3) is 0 Å². The van der Waals surface area contributed by atoms with Crippen molar-refractivity contribution in [2.45, 2.75) is 43.4 Å². The monoisotopic (exact) mass is 536 g/mol. The molecule has 0 saturated carbocycles. The molecule has 0 aromatic heterocycles. The van der Waals surface area contributed by atoms with Crippen LogP contribution in [0.15, 0.2) is 95.5 Å². The van der Waals surface area contributed by atoms with Gasteiger partial charge < -0.3 is 18.9 Å². The van der Waals surface area contributed by atoms with Crippen LogP contribution >= 0.6 is 0 Å². The largest absolute Gasteiger partial charge is 0.493 e. The third-order valence-corrected chi connectivity index (χ3v) is 8.31. The van der Waals surface area contributed by atoms with Crippen LogP contribution in [0.5, 0.6) is 17.2 Å². The van der Waals surface area contributed by atoms with Gasteiger partial charge in [-0.15, -0.1) is 0 Å². The number of ether oxygens (including phenoxy) is 4. The lowest BCUT2D eigenvalue weighted by Crippen LogP contribution is -2.33. The van der Waals surface area contributed by atoms with Crippen LogP contribution in [0.3, 0.4) is 0 Å². The average molecular weight is 537 g/mol. The van der Waals surface area contributed by atoms with Gasteiger partial charge in [0, 0.05) is 42.7 Å². The molecule has 6 rings (SSSR count). The SMILES string of the molecule is COc1cc(C2C3=C(C[C@H](c4ccccc4)CC3=O)OC3=C2C(=O)C[C@@H](c2ccccc2)C3)cc(OC)c1OC. The Bertz CT molecular complexity index is 1410. The van der Waals surface area contributed by atoms with Crippen LogP contribution in [0.1, 0.15) is 60.1 Å². The maximum atomic E-state index is 13.9. The molecule has 0 radical (unpaired) electrons. The number of benzene rings is 3. The third kappa shape index (κ3) is 4.47. The summed E-state index contributed by atoms with van der Waals surface area (Å²) in [5.74, 6) is 2.18. The van der Waals surface area contributed by atoms with Gasteiger partial charge in [0.2, 0.25) is 5.75 Å². The van der Waals surface area contributed by atoms with E-state index in [0.29, 0.717) is 65.6 Å². The Balaban J connectivity index is 1.50. The van der Waals surface area contributed by atoms with Crippen molar-refractivity contribution in [3.8, 4) is 17.2 Å². The highest BCUT2D eigenvalue weighted by atomic mass is 16.5. The standard InChI is InChI=1S/C34H32O6/c1-37-29-18-24(19-30(38-2)34(29)39-3)31-32-25(35)14-22(20-10-6-4-7-11-20)16-27(32)40-28-17-23(15-26(36)33(28)31)21-12-8-5-9-13-21/h4-13,18-19,22-23,31H,14-17H2,1-3H3/t22-,23-/m1/s1. The molecule has 1 heterocycles. The fraction of sp³-hybridized carbons (Fsp3) is 0.294. The van der Waals surface area contributed by atoms with Crippen molar-refractivity contribution in [3.05, 3.63) is 112 Å². The molecule has 0 spiro atoms. The normalized spacial score (nSPS) is 21.0. The number of hydrogen-bond donors (Lipinski definition) is 0. The number of allylic oxidation sites excluding steroid dienone is 4. The van der Waals surface area contributed by atoms with E-state index in [4.69, 9.17) is 18.9 Å². The molecule has 0 N–H and O–H groups in total. The summed E-state index contributed by atoms with van der Waals surface area (Å²) in [6.07, 6.45) is 1.90. The predicted octanol–water partition coefficient (Wildman–Crippen LogP) is 6.63. The van der Waals surface area contributed by atoms with Crippen LogP contribution in [-0.2, 0) is 14.3 Å². The van der Waals surface area contributed by atoms with E-state index in [1.807, 2.05) is 48.5 Å². The molecule has 6 heteroatoms. The average Bonchev–Trinajstić information content (AvgIpc) is 2.99. The lowest BCUT2D eigenvalue weighted by atomic mass is 9.69. The number of carbonyl (C=O) groups is 2. The van der Waals surface area contributed by atoms with Crippen molar-refractivity contribution in [2.24, 2.45) is 0 Å². The van der Waals surface area contributed by atoms with Crippen molar-refractivity contribution in [2.75, 3.05) is 21.3 Å². The fourth-order valence-corrected chi connectivity index (χ4v) is 6.44. The van der Waals surface area contributed by atoms with Crippen LogP contribution in [0, 0.1) is 0 Å².